The highest BCUT2D eigenvalue weighted by molar-refractivity contribution is 7.89. The smallest absolute Gasteiger partial charge is 0.245 e. The summed E-state index contributed by atoms with van der Waals surface area (Å²) in [7, 11) is -3.85. The maximum Gasteiger partial charge on any atom is 0.245 e. The van der Waals surface area contributed by atoms with Gasteiger partial charge in [-0.3, -0.25) is 4.79 Å². The summed E-state index contributed by atoms with van der Waals surface area (Å²) in [5.74, 6) is -0.301. The largest absolute Gasteiger partial charge is 0.356 e. The fourth-order valence-electron chi connectivity index (χ4n) is 3.87. The van der Waals surface area contributed by atoms with Gasteiger partial charge in [-0.1, -0.05) is 12.1 Å². The van der Waals surface area contributed by atoms with E-state index in [0.717, 1.165) is 25.6 Å². The van der Waals surface area contributed by atoms with E-state index in [4.69, 9.17) is 0 Å². The Morgan fingerprint density at radius 2 is 1.93 bits per heavy atom. The standard InChI is InChI=1S/C19H28FN3O3S.ClH/c20-17-5-1-2-6-18(17)27(25,26)23-12-8-16(9-13-23)19(24)22-11-7-15-4-3-10-21-14-15;/h1-2,5-6,15-16,21H,3-4,7-14H2,(H,22,24);1H. The Kier molecular flexibility index (Phi) is 8.67. The average Bonchev–Trinajstić information content (AvgIpc) is 2.69. The summed E-state index contributed by atoms with van der Waals surface area (Å²) in [6.07, 6.45) is 4.29. The second-order valence-electron chi connectivity index (χ2n) is 7.40. The molecule has 2 N–H and O–H groups in total. The molecule has 6 nitrogen and oxygen atoms in total. The normalized spacial score (nSPS) is 21.7. The number of rotatable bonds is 6. The molecule has 1 unspecified atom stereocenters. The molecule has 9 heteroatoms. The molecule has 0 radical (unpaired) electrons. The van der Waals surface area contributed by atoms with Crippen LogP contribution in [-0.4, -0.2) is 51.4 Å². The first-order valence-electron chi connectivity index (χ1n) is 9.71. The Bertz CT molecular complexity index is 749. The van der Waals surface area contributed by atoms with E-state index >= 15 is 0 Å². The lowest BCUT2D eigenvalue weighted by Gasteiger charge is -2.30. The van der Waals surface area contributed by atoms with E-state index in [0.29, 0.717) is 25.3 Å². The molecule has 1 amide bonds. The number of nitrogens with zero attached hydrogens (tertiary/aromatic N) is 1. The van der Waals surface area contributed by atoms with Gasteiger partial charge >= 0.3 is 0 Å². The fourth-order valence-corrected chi connectivity index (χ4v) is 5.40. The van der Waals surface area contributed by atoms with E-state index in [1.165, 1.54) is 35.3 Å². The van der Waals surface area contributed by atoms with Crippen molar-refractivity contribution >= 4 is 28.3 Å². The number of amides is 1. The lowest BCUT2D eigenvalue weighted by molar-refractivity contribution is -0.126. The quantitative estimate of drug-likeness (QED) is 0.720. The number of benzene rings is 1. The zero-order valence-corrected chi connectivity index (χ0v) is 17.5. The van der Waals surface area contributed by atoms with Gasteiger partial charge in [-0.05, 0) is 63.2 Å². The van der Waals surface area contributed by atoms with Gasteiger partial charge in [0.1, 0.15) is 10.7 Å². The minimum absolute atomic E-state index is 0. The zero-order chi connectivity index (χ0) is 19.3. The van der Waals surface area contributed by atoms with Crippen LogP contribution in [0.5, 0.6) is 0 Å². The monoisotopic (exact) mass is 433 g/mol. The molecule has 0 bridgehead atoms. The van der Waals surface area contributed by atoms with Gasteiger partial charge in [0, 0.05) is 25.6 Å². The Hall–Kier alpha value is -1.22. The summed E-state index contributed by atoms with van der Waals surface area (Å²) >= 11 is 0. The van der Waals surface area contributed by atoms with Crippen molar-refractivity contribution in [1.82, 2.24) is 14.9 Å². The van der Waals surface area contributed by atoms with Crippen molar-refractivity contribution in [2.45, 2.75) is 37.0 Å². The Balaban J connectivity index is 0.00000280. The van der Waals surface area contributed by atoms with E-state index in [1.807, 2.05) is 0 Å². The molecule has 2 fully saturated rings. The minimum Gasteiger partial charge on any atom is -0.356 e. The van der Waals surface area contributed by atoms with Crippen molar-refractivity contribution < 1.29 is 17.6 Å². The van der Waals surface area contributed by atoms with Crippen LogP contribution in [0, 0.1) is 17.7 Å². The molecule has 1 atom stereocenters. The molecule has 0 aromatic heterocycles. The van der Waals surface area contributed by atoms with Gasteiger partial charge < -0.3 is 10.6 Å². The first-order valence-corrected chi connectivity index (χ1v) is 11.2. The molecule has 2 aliphatic rings. The van der Waals surface area contributed by atoms with Crippen LogP contribution in [0.2, 0.25) is 0 Å². The lowest BCUT2D eigenvalue weighted by Crippen LogP contribution is -2.43. The number of nitrogens with one attached hydrogen (secondary N) is 2. The molecule has 2 saturated heterocycles. The van der Waals surface area contributed by atoms with Crippen molar-refractivity contribution in [2.24, 2.45) is 11.8 Å². The number of carbonyl (C=O) groups is 1. The molecular formula is C19H29ClFN3O3S. The van der Waals surface area contributed by atoms with E-state index in [9.17, 15) is 17.6 Å². The Labute approximate surface area is 172 Å². The number of halogens is 2. The topological polar surface area (TPSA) is 78.5 Å². The number of sulfonamides is 1. The molecule has 28 heavy (non-hydrogen) atoms. The lowest BCUT2D eigenvalue weighted by atomic mass is 9.95. The van der Waals surface area contributed by atoms with Crippen LogP contribution < -0.4 is 10.6 Å². The van der Waals surface area contributed by atoms with Gasteiger partial charge in [-0.25, -0.2) is 12.8 Å². The Morgan fingerprint density at radius 1 is 1.21 bits per heavy atom. The zero-order valence-electron chi connectivity index (χ0n) is 15.9. The maximum atomic E-state index is 13.9. The summed E-state index contributed by atoms with van der Waals surface area (Å²) < 4.78 is 40.4. The molecule has 0 aliphatic carbocycles. The van der Waals surface area contributed by atoms with E-state index in [2.05, 4.69) is 10.6 Å². The van der Waals surface area contributed by atoms with Crippen LogP contribution in [-0.2, 0) is 14.8 Å². The van der Waals surface area contributed by atoms with Gasteiger partial charge in [0.05, 0.1) is 0 Å². The number of carbonyl (C=O) groups excluding carboxylic acids is 1. The van der Waals surface area contributed by atoms with Crippen LogP contribution in [0.15, 0.2) is 29.2 Å². The third-order valence-corrected chi connectivity index (χ3v) is 7.46. The molecule has 2 aliphatic heterocycles. The molecule has 3 rings (SSSR count). The molecule has 2 heterocycles. The van der Waals surface area contributed by atoms with Gasteiger partial charge in [-0.15, -0.1) is 12.4 Å². The summed E-state index contributed by atoms with van der Waals surface area (Å²) in [6, 6.07) is 5.41. The van der Waals surface area contributed by atoms with E-state index in [-0.39, 0.29) is 42.2 Å². The van der Waals surface area contributed by atoms with E-state index in [1.54, 1.807) is 0 Å². The second kappa shape index (κ2) is 10.5. The van der Waals surface area contributed by atoms with Crippen molar-refractivity contribution in [2.75, 3.05) is 32.7 Å². The highest BCUT2D eigenvalue weighted by Crippen LogP contribution is 2.25. The van der Waals surface area contributed by atoms with Crippen molar-refractivity contribution in [1.29, 1.82) is 0 Å². The van der Waals surface area contributed by atoms with Crippen LogP contribution >= 0.6 is 12.4 Å². The van der Waals surface area contributed by atoms with Crippen LogP contribution in [0.3, 0.4) is 0 Å². The van der Waals surface area contributed by atoms with Crippen LogP contribution in [0.25, 0.3) is 0 Å². The summed E-state index contributed by atoms with van der Waals surface area (Å²) in [5, 5.41) is 6.37. The highest BCUT2D eigenvalue weighted by atomic mass is 35.5. The fraction of sp³-hybridized carbons (Fsp3) is 0.632. The SMILES string of the molecule is Cl.O=C(NCCC1CCCNC1)C1CCN(S(=O)(=O)c2ccccc2F)CC1. The Morgan fingerprint density at radius 3 is 2.57 bits per heavy atom. The predicted molar refractivity (Wildman–Crippen MR) is 108 cm³/mol. The van der Waals surface area contributed by atoms with Crippen LogP contribution in [0.4, 0.5) is 4.39 Å². The van der Waals surface area contributed by atoms with Crippen LogP contribution in [0.1, 0.15) is 32.1 Å². The van der Waals surface area contributed by atoms with Gasteiger partial charge in [0.25, 0.3) is 0 Å². The van der Waals surface area contributed by atoms with Crippen molar-refractivity contribution in [3.8, 4) is 0 Å². The summed E-state index contributed by atoms with van der Waals surface area (Å²) in [5.41, 5.74) is 0. The van der Waals surface area contributed by atoms with E-state index < -0.39 is 15.8 Å². The molecule has 0 spiro atoms. The third-order valence-electron chi connectivity index (χ3n) is 5.53. The third kappa shape index (κ3) is 5.65. The number of piperidine rings is 2. The number of hydrogen-bond acceptors (Lipinski definition) is 4. The molecule has 1 aromatic rings. The summed E-state index contributed by atoms with van der Waals surface area (Å²) in [4.78, 5) is 12.1. The van der Waals surface area contributed by atoms with Gasteiger partial charge in [-0.2, -0.15) is 4.31 Å². The van der Waals surface area contributed by atoms with Gasteiger partial charge in [0.15, 0.2) is 0 Å². The highest BCUT2D eigenvalue weighted by Gasteiger charge is 2.33. The molecule has 1 aromatic carbocycles. The molecular weight excluding hydrogens is 405 g/mol. The first kappa shape index (κ1) is 23.1. The average molecular weight is 434 g/mol. The van der Waals surface area contributed by atoms with Crippen molar-refractivity contribution in [3.63, 3.8) is 0 Å². The predicted octanol–water partition coefficient (Wildman–Crippen LogP) is 2.15. The first-order chi connectivity index (χ1) is 13.0. The minimum atomic E-state index is -3.85. The molecule has 158 valence electrons. The summed E-state index contributed by atoms with van der Waals surface area (Å²) in [6.45, 7) is 3.24. The van der Waals surface area contributed by atoms with Crippen molar-refractivity contribution in [3.05, 3.63) is 30.1 Å². The second-order valence-corrected chi connectivity index (χ2v) is 9.31. The molecule has 0 saturated carbocycles. The van der Waals surface area contributed by atoms with Gasteiger partial charge in [0.2, 0.25) is 15.9 Å². The number of hydrogen-bond donors (Lipinski definition) is 2. The maximum absolute atomic E-state index is 13.9.